The van der Waals surface area contributed by atoms with E-state index in [0.717, 1.165) is 54.2 Å². The molecule has 1 unspecified atom stereocenters. The number of aryl methyl sites for hydroxylation is 1. The quantitative estimate of drug-likeness (QED) is 0.339. The smallest absolute Gasteiger partial charge is 0.207 e. The first-order chi connectivity index (χ1) is 18.6. The summed E-state index contributed by atoms with van der Waals surface area (Å²) in [5.41, 5.74) is 4.13. The van der Waals surface area contributed by atoms with E-state index in [0.29, 0.717) is 6.61 Å². The summed E-state index contributed by atoms with van der Waals surface area (Å²) in [7, 11) is 5.50. The Kier molecular flexibility index (Phi) is 11.5. The molecule has 0 spiro atoms. The van der Waals surface area contributed by atoms with Crippen LogP contribution in [0.2, 0.25) is 0 Å². The number of aromatic nitrogens is 4. The van der Waals surface area contributed by atoms with E-state index in [1.807, 2.05) is 97.9 Å². The maximum absolute atomic E-state index is 10.1. The molecule has 202 valence electrons. The highest BCUT2D eigenvalue weighted by molar-refractivity contribution is 5.69. The van der Waals surface area contributed by atoms with Crippen LogP contribution >= 0.6 is 0 Å². The third kappa shape index (κ3) is 8.29. The molecule has 2 aromatic carbocycles. The number of nitrogens with one attached hydrogen (secondary N) is 2. The molecule has 5 rings (SSSR count). The van der Waals surface area contributed by atoms with E-state index in [4.69, 9.17) is 14.6 Å². The number of ether oxygens (including phenoxy) is 2. The molecular formula is C29H38N6O3. The number of carbonyl (C=O) groups is 1. The minimum absolute atomic E-state index is 0.198. The average Bonchev–Trinajstić information content (AvgIpc) is 3.68. The van der Waals surface area contributed by atoms with Crippen molar-refractivity contribution in [1.82, 2.24) is 24.9 Å². The lowest BCUT2D eigenvalue weighted by atomic mass is 10.1. The molecular weight excluding hydrogens is 480 g/mol. The number of hydrogen-bond donors (Lipinski definition) is 2. The largest absolute Gasteiger partial charge is 0.385 e. The van der Waals surface area contributed by atoms with Crippen molar-refractivity contribution < 1.29 is 14.3 Å². The lowest BCUT2D eigenvalue weighted by Crippen LogP contribution is -2.27. The summed E-state index contributed by atoms with van der Waals surface area (Å²) in [4.78, 5) is 10.1. The summed E-state index contributed by atoms with van der Waals surface area (Å²) in [6, 6.07) is 22.3. The van der Waals surface area contributed by atoms with Gasteiger partial charge in [-0.25, -0.2) is 4.68 Å². The van der Waals surface area contributed by atoms with E-state index in [2.05, 4.69) is 22.7 Å². The Morgan fingerprint density at radius 1 is 1.11 bits per heavy atom. The number of hydrogen-bond acceptors (Lipinski definition) is 6. The van der Waals surface area contributed by atoms with Crippen LogP contribution in [0, 0.1) is 6.92 Å². The van der Waals surface area contributed by atoms with E-state index < -0.39 is 0 Å². The second-order valence-electron chi connectivity index (χ2n) is 8.83. The van der Waals surface area contributed by atoms with Crippen molar-refractivity contribution in [1.29, 1.82) is 0 Å². The van der Waals surface area contributed by atoms with Crippen LogP contribution < -0.4 is 10.6 Å². The topological polar surface area (TPSA) is 95.2 Å². The van der Waals surface area contributed by atoms with Gasteiger partial charge in [0, 0.05) is 45.1 Å². The molecule has 3 heterocycles. The molecule has 0 bridgehead atoms. The summed E-state index contributed by atoms with van der Waals surface area (Å²) >= 11 is 0. The van der Waals surface area contributed by atoms with Crippen LogP contribution in [-0.2, 0) is 21.3 Å². The van der Waals surface area contributed by atoms with Gasteiger partial charge >= 0.3 is 0 Å². The fraction of sp³-hybridized carbons (Fsp3) is 0.345. The van der Waals surface area contributed by atoms with E-state index in [1.54, 1.807) is 11.8 Å². The minimum Gasteiger partial charge on any atom is -0.385 e. The SMILES string of the molecule is CNc1c(C)c(-c2cnn(C)c2)nn1-c1ccccc1.COCCC1C[C@@H](NC=O)CO1.c1ccccc1. The molecule has 1 aliphatic rings. The van der Waals surface area contributed by atoms with Crippen molar-refractivity contribution >= 4 is 12.2 Å². The first-order valence-electron chi connectivity index (χ1n) is 12.7. The fourth-order valence-corrected chi connectivity index (χ4v) is 4.12. The molecule has 1 amide bonds. The number of para-hydroxylation sites is 1. The Morgan fingerprint density at radius 2 is 1.76 bits per heavy atom. The number of nitrogens with zero attached hydrogens (tertiary/aromatic N) is 4. The fourth-order valence-electron chi connectivity index (χ4n) is 4.12. The number of rotatable bonds is 8. The maximum atomic E-state index is 10.1. The second kappa shape index (κ2) is 15.3. The molecule has 0 radical (unpaired) electrons. The first-order valence-corrected chi connectivity index (χ1v) is 12.7. The van der Waals surface area contributed by atoms with Gasteiger partial charge in [0.05, 0.1) is 30.6 Å². The number of amides is 1. The predicted molar refractivity (Wildman–Crippen MR) is 150 cm³/mol. The molecule has 38 heavy (non-hydrogen) atoms. The maximum Gasteiger partial charge on any atom is 0.207 e. The van der Waals surface area contributed by atoms with Crippen molar-refractivity contribution in [3.8, 4) is 16.9 Å². The summed E-state index contributed by atoms with van der Waals surface area (Å²) in [6.45, 7) is 3.42. The Labute approximate surface area is 224 Å². The summed E-state index contributed by atoms with van der Waals surface area (Å²) < 4.78 is 14.1. The van der Waals surface area contributed by atoms with Gasteiger partial charge in [-0.3, -0.25) is 9.48 Å². The molecule has 1 aliphatic heterocycles. The van der Waals surface area contributed by atoms with Gasteiger partial charge in [0.1, 0.15) is 11.5 Å². The molecule has 2 N–H and O–H groups in total. The van der Waals surface area contributed by atoms with E-state index in [1.165, 1.54) is 0 Å². The van der Waals surface area contributed by atoms with Crippen LogP contribution in [0.15, 0.2) is 79.1 Å². The average molecular weight is 519 g/mol. The summed E-state index contributed by atoms with van der Waals surface area (Å²) in [6.07, 6.45) is 6.61. The van der Waals surface area contributed by atoms with Gasteiger partial charge in [0.25, 0.3) is 0 Å². The van der Waals surface area contributed by atoms with Gasteiger partial charge < -0.3 is 20.1 Å². The Bertz CT molecular complexity index is 1180. The van der Waals surface area contributed by atoms with Crippen molar-refractivity contribution in [3.05, 3.63) is 84.7 Å². The van der Waals surface area contributed by atoms with Gasteiger partial charge in [0.15, 0.2) is 0 Å². The van der Waals surface area contributed by atoms with E-state index >= 15 is 0 Å². The Balaban J connectivity index is 0.000000187. The summed E-state index contributed by atoms with van der Waals surface area (Å²) in [5.74, 6) is 0.995. The molecule has 2 aromatic heterocycles. The predicted octanol–water partition coefficient (Wildman–Crippen LogP) is 4.24. The van der Waals surface area contributed by atoms with Crippen molar-refractivity contribution in [2.24, 2.45) is 7.05 Å². The lowest BCUT2D eigenvalue weighted by molar-refractivity contribution is -0.110. The van der Waals surface area contributed by atoms with Crippen molar-refractivity contribution in [2.45, 2.75) is 31.9 Å². The molecule has 0 saturated carbocycles. The molecule has 9 nitrogen and oxygen atoms in total. The number of anilines is 1. The van der Waals surface area contributed by atoms with Gasteiger partial charge in [-0.05, 0) is 31.9 Å². The molecule has 0 aliphatic carbocycles. The number of carbonyl (C=O) groups excluding carboxylic acids is 1. The van der Waals surface area contributed by atoms with Gasteiger partial charge in [0.2, 0.25) is 6.41 Å². The Hall–Kier alpha value is -3.95. The first kappa shape index (κ1) is 28.6. The summed E-state index contributed by atoms with van der Waals surface area (Å²) in [5, 5.41) is 14.9. The van der Waals surface area contributed by atoms with Crippen LogP contribution in [0.4, 0.5) is 5.82 Å². The monoisotopic (exact) mass is 518 g/mol. The third-order valence-electron chi connectivity index (χ3n) is 6.03. The molecule has 4 aromatic rings. The minimum atomic E-state index is 0.198. The Morgan fingerprint density at radius 3 is 2.32 bits per heavy atom. The van der Waals surface area contributed by atoms with Gasteiger partial charge in [-0.2, -0.15) is 10.2 Å². The third-order valence-corrected chi connectivity index (χ3v) is 6.03. The molecule has 2 atom stereocenters. The van der Waals surface area contributed by atoms with Crippen LogP contribution in [-0.4, -0.2) is 65.5 Å². The molecule has 1 saturated heterocycles. The standard InChI is InChI=1S/C15H17N5.C8H15NO3.C6H6/c1-11-14(12-9-17-19(3)10-12)18-20(15(11)16-2)13-7-5-4-6-8-13;1-11-3-2-8-4-7(5-12-8)9-6-10;1-2-4-6-5-3-1/h4-10,16H,1-3H3;6-8H,2-5H2,1H3,(H,9,10);1-6H/t;7-,8?;/m.1./s1. The normalized spacial score (nSPS) is 16.0. The highest BCUT2D eigenvalue weighted by Gasteiger charge is 2.24. The number of benzene rings is 2. The van der Waals surface area contributed by atoms with E-state index in [-0.39, 0.29) is 12.1 Å². The zero-order valence-electron chi connectivity index (χ0n) is 22.6. The van der Waals surface area contributed by atoms with Crippen LogP contribution in [0.1, 0.15) is 18.4 Å². The van der Waals surface area contributed by atoms with Crippen molar-refractivity contribution in [3.63, 3.8) is 0 Å². The number of methoxy groups -OCH3 is 1. The van der Waals surface area contributed by atoms with Crippen LogP contribution in [0.5, 0.6) is 0 Å². The zero-order valence-corrected chi connectivity index (χ0v) is 22.6. The van der Waals surface area contributed by atoms with Crippen LogP contribution in [0.25, 0.3) is 16.9 Å². The highest BCUT2D eigenvalue weighted by Crippen LogP contribution is 2.29. The van der Waals surface area contributed by atoms with E-state index in [9.17, 15) is 4.79 Å². The zero-order chi connectivity index (χ0) is 27.2. The highest BCUT2D eigenvalue weighted by atomic mass is 16.5. The van der Waals surface area contributed by atoms with Gasteiger partial charge in [-0.1, -0.05) is 54.6 Å². The molecule has 9 heteroatoms. The lowest BCUT2D eigenvalue weighted by Gasteiger charge is -2.07. The second-order valence-corrected chi connectivity index (χ2v) is 8.83. The van der Waals surface area contributed by atoms with Crippen LogP contribution in [0.3, 0.4) is 0 Å². The van der Waals surface area contributed by atoms with Gasteiger partial charge in [-0.15, -0.1) is 0 Å². The van der Waals surface area contributed by atoms with Crippen molar-refractivity contribution in [2.75, 3.05) is 32.7 Å². The molecule has 1 fully saturated rings.